The Hall–Kier alpha value is -1.42. The second-order valence-electron chi connectivity index (χ2n) is 4.85. The Morgan fingerprint density at radius 2 is 1.94 bits per heavy atom. The van der Waals surface area contributed by atoms with Crippen LogP contribution in [0, 0.1) is 5.82 Å². The Morgan fingerprint density at radius 1 is 1.33 bits per heavy atom. The van der Waals surface area contributed by atoms with Crippen molar-refractivity contribution in [2.45, 2.75) is 33.0 Å². The summed E-state index contributed by atoms with van der Waals surface area (Å²) in [5.74, 6) is -0.458. The average Bonchev–Trinajstić information content (AvgIpc) is 2.26. The van der Waals surface area contributed by atoms with Crippen molar-refractivity contribution in [3.05, 3.63) is 29.6 Å². The molecule has 18 heavy (non-hydrogen) atoms. The highest BCUT2D eigenvalue weighted by molar-refractivity contribution is 5.99. The smallest absolute Gasteiger partial charge is 0.161 e. The van der Waals surface area contributed by atoms with E-state index in [1.165, 1.54) is 13.0 Å². The number of anilines is 1. The van der Waals surface area contributed by atoms with Gasteiger partial charge in [-0.3, -0.25) is 4.79 Å². The third-order valence-electron chi connectivity index (χ3n) is 3.10. The van der Waals surface area contributed by atoms with E-state index in [0.29, 0.717) is 24.3 Å². The van der Waals surface area contributed by atoms with Gasteiger partial charge in [-0.2, -0.15) is 0 Å². The number of halogens is 1. The standard InChI is InChI=1S/C14H18FNO2/c1-9-7-16(8-10(2)18-9)14-12(11(3)17)5-4-6-13(14)15/h4-6,9-10H,7-8H2,1-3H3/t9-,10+. The van der Waals surface area contributed by atoms with Crippen molar-refractivity contribution in [2.24, 2.45) is 0 Å². The highest BCUT2D eigenvalue weighted by atomic mass is 19.1. The van der Waals surface area contributed by atoms with Crippen molar-refractivity contribution in [3.8, 4) is 0 Å². The lowest BCUT2D eigenvalue weighted by atomic mass is 10.1. The summed E-state index contributed by atoms with van der Waals surface area (Å²) in [5, 5.41) is 0. The maximum absolute atomic E-state index is 14.0. The third kappa shape index (κ3) is 2.53. The maximum atomic E-state index is 14.0. The molecule has 1 aliphatic heterocycles. The maximum Gasteiger partial charge on any atom is 0.161 e. The number of ether oxygens (including phenoxy) is 1. The number of hydrogen-bond acceptors (Lipinski definition) is 3. The van der Waals surface area contributed by atoms with Crippen molar-refractivity contribution in [1.82, 2.24) is 0 Å². The molecule has 0 N–H and O–H groups in total. The molecule has 0 unspecified atom stereocenters. The van der Waals surface area contributed by atoms with Crippen molar-refractivity contribution in [1.29, 1.82) is 0 Å². The molecule has 1 aromatic carbocycles. The highest BCUT2D eigenvalue weighted by Crippen LogP contribution is 2.28. The van der Waals surface area contributed by atoms with E-state index in [-0.39, 0.29) is 23.8 Å². The van der Waals surface area contributed by atoms with Crippen LogP contribution >= 0.6 is 0 Å². The normalized spacial score (nSPS) is 24.1. The number of para-hydroxylation sites is 1. The fraction of sp³-hybridized carbons (Fsp3) is 0.500. The zero-order chi connectivity index (χ0) is 13.3. The summed E-state index contributed by atoms with van der Waals surface area (Å²) in [6.07, 6.45) is 0.0707. The molecular weight excluding hydrogens is 233 g/mol. The monoisotopic (exact) mass is 251 g/mol. The molecular formula is C14H18FNO2. The van der Waals surface area contributed by atoms with E-state index < -0.39 is 0 Å². The number of hydrogen-bond donors (Lipinski definition) is 0. The Kier molecular flexibility index (Phi) is 3.66. The molecule has 3 nitrogen and oxygen atoms in total. The molecule has 2 atom stereocenters. The van der Waals surface area contributed by atoms with Crippen molar-refractivity contribution >= 4 is 11.5 Å². The van der Waals surface area contributed by atoms with Crippen LogP contribution in [0.2, 0.25) is 0 Å². The first-order chi connectivity index (χ1) is 8.49. The number of morpholine rings is 1. The largest absolute Gasteiger partial charge is 0.372 e. The Bertz CT molecular complexity index is 451. The quantitative estimate of drug-likeness (QED) is 0.757. The van der Waals surface area contributed by atoms with E-state index in [9.17, 15) is 9.18 Å². The van der Waals surface area contributed by atoms with Crippen LogP contribution in [0.25, 0.3) is 0 Å². The van der Waals surface area contributed by atoms with Gasteiger partial charge in [-0.25, -0.2) is 4.39 Å². The first-order valence-corrected chi connectivity index (χ1v) is 6.19. The van der Waals surface area contributed by atoms with Crippen LogP contribution in [0.4, 0.5) is 10.1 Å². The topological polar surface area (TPSA) is 29.5 Å². The van der Waals surface area contributed by atoms with Gasteiger partial charge >= 0.3 is 0 Å². The van der Waals surface area contributed by atoms with Gasteiger partial charge in [0, 0.05) is 18.7 Å². The SMILES string of the molecule is CC(=O)c1cccc(F)c1N1C[C@@H](C)O[C@@H](C)C1. The number of carbonyl (C=O) groups is 1. The number of carbonyl (C=O) groups excluding carboxylic acids is 1. The zero-order valence-electron chi connectivity index (χ0n) is 10.9. The first-order valence-electron chi connectivity index (χ1n) is 6.19. The first kappa shape index (κ1) is 13.0. The predicted octanol–water partition coefficient (Wildman–Crippen LogP) is 2.64. The van der Waals surface area contributed by atoms with Crippen LogP contribution < -0.4 is 4.90 Å². The third-order valence-corrected chi connectivity index (χ3v) is 3.10. The average molecular weight is 251 g/mol. The lowest BCUT2D eigenvalue weighted by Gasteiger charge is -2.37. The van der Waals surface area contributed by atoms with E-state index in [4.69, 9.17) is 4.74 Å². The molecule has 2 rings (SSSR count). The van der Waals surface area contributed by atoms with Crippen LogP contribution in [0.5, 0.6) is 0 Å². The molecule has 1 saturated heterocycles. The minimum absolute atomic E-state index is 0.0353. The minimum atomic E-state index is -0.344. The van der Waals surface area contributed by atoms with E-state index in [0.717, 1.165) is 0 Å². The molecule has 0 saturated carbocycles. The summed E-state index contributed by atoms with van der Waals surface area (Å²) < 4.78 is 19.6. The van der Waals surface area contributed by atoms with E-state index in [1.807, 2.05) is 18.7 Å². The van der Waals surface area contributed by atoms with Gasteiger partial charge in [0.2, 0.25) is 0 Å². The van der Waals surface area contributed by atoms with Crippen molar-refractivity contribution < 1.29 is 13.9 Å². The molecule has 98 valence electrons. The van der Waals surface area contributed by atoms with Crippen LogP contribution in [-0.4, -0.2) is 31.1 Å². The summed E-state index contributed by atoms with van der Waals surface area (Å²) >= 11 is 0. The summed E-state index contributed by atoms with van der Waals surface area (Å²) in [5.41, 5.74) is 0.850. The lowest BCUT2D eigenvalue weighted by Crippen LogP contribution is -2.46. The lowest BCUT2D eigenvalue weighted by molar-refractivity contribution is -0.00544. The van der Waals surface area contributed by atoms with Gasteiger partial charge < -0.3 is 9.64 Å². The van der Waals surface area contributed by atoms with Crippen LogP contribution in [-0.2, 0) is 4.74 Å². The second-order valence-corrected chi connectivity index (χ2v) is 4.85. The fourth-order valence-corrected chi connectivity index (χ4v) is 2.48. The number of rotatable bonds is 2. The number of ketones is 1. The Balaban J connectivity index is 2.40. The van der Waals surface area contributed by atoms with Gasteiger partial charge in [0.1, 0.15) is 5.82 Å². The second kappa shape index (κ2) is 5.06. The fourth-order valence-electron chi connectivity index (χ4n) is 2.48. The molecule has 1 fully saturated rings. The highest BCUT2D eigenvalue weighted by Gasteiger charge is 2.26. The molecule has 4 heteroatoms. The molecule has 0 bridgehead atoms. The molecule has 0 spiro atoms. The summed E-state index contributed by atoms with van der Waals surface area (Å²) in [6, 6.07) is 4.64. The minimum Gasteiger partial charge on any atom is -0.372 e. The summed E-state index contributed by atoms with van der Waals surface area (Å²) in [7, 11) is 0. The van der Waals surface area contributed by atoms with Crippen molar-refractivity contribution in [2.75, 3.05) is 18.0 Å². The molecule has 1 aliphatic rings. The van der Waals surface area contributed by atoms with E-state index in [2.05, 4.69) is 0 Å². The number of benzene rings is 1. The van der Waals surface area contributed by atoms with E-state index >= 15 is 0 Å². The van der Waals surface area contributed by atoms with E-state index in [1.54, 1.807) is 12.1 Å². The predicted molar refractivity (Wildman–Crippen MR) is 68.6 cm³/mol. The van der Waals surface area contributed by atoms with Crippen molar-refractivity contribution in [3.63, 3.8) is 0 Å². The van der Waals surface area contributed by atoms with Gasteiger partial charge in [0.15, 0.2) is 5.78 Å². The molecule has 0 radical (unpaired) electrons. The molecule has 0 aromatic heterocycles. The molecule has 0 amide bonds. The Morgan fingerprint density at radius 3 is 2.50 bits per heavy atom. The number of Topliss-reactive ketones (excluding diaryl/α,β-unsaturated/α-hetero) is 1. The van der Waals surface area contributed by atoms with Crippen LogP contribution in [0.1, 0.15) is 31.1 Å². The van der Waals surface area contributed by atoms with Gasteiger partial charge in [-0.1, -0.05) is 6.07 Å². The summed E-state index contributed by atoms with van der Waals surface area (Å²) in [4.78, 5) is 13.5. The summed E-state index contributed by atoms with van der Waals surface area (Å²) in [6.45, 7) is 6.58. The van der Waals surface area contributed by atoms with Crippen LogP contribution in [0.3, 0.4) is 0 Å². The van der Waals surface area contributed by atoms with Crippen LogP contribution in [0.15, 0.2) is 18.2 Å². The zero-order valence-corrected chi connectivity index (χ0v) is 10.9. The molecule has 1 heterocycles. The number of nitrogens with zero attached hydrogens (tertiary/aromatic N) is 1. The van der Waals surface area contributed by atoms with Gasteiger partial charge in [0.05, 0.1) is 17.9 Å². The van der Waals surface area contributed by atoms with Gasteiger partial charge in [0.25, 0.3) is 0 Å². The Labute approximate surface area is 107 Å². The molecule has 1 aromatic rings. The van der Waals surface area contributed by atoms with Gasteiger partial charge in [-0.15, -0.1) is 0 Å². The molecule has 0 aliphatic carbocycles. The van der Waals surface area contributed by atoms with Gasteiger partial charge in [-0.05, 0) is 32.9 Å².